The van der Waals surface area contributed by atoms with Crippen LogP contribution in [0.1, 0.15) is 55.7 Å². The molecule has 144 valence electrons. The summed E-state index contributed by atoms with van der Waals surface area (Å²) in [5.74, 6) is 0.220. The fourth-order valence-corrected chi connectivity index (χ4v) is 4.54. The van der Waals surface area contributed by atoms with Crippen molar-refractivity contribution in [2.45, 2.75) is 56.7 Å². The van der Waals surface area contributed by atoms with Crippen LogP contribution in [0.2, 0.25) is 0 Å². The molecule has 1 aliphatic heterocycles. The molecule has 1 atom stereocenters. The second kappa shape index (κ2) is 7.58. The first-order chi connectivity index (χ1) is 13.0. The highest BCUT2D eigenvalue weighted by atomic mass is 19.4. The molecular weight excluding hydrogens is 351 g/mol. The normalized spacial score (nSPS) is 22.3. The molecule has 2 aromatic rings. The van der Waals surface area contributed by atoms with E-state index in [1.54, 1.807) is 18.5 Å². The Kier molecular flexibility index (Phi) is 5.17. The summed E-state index contributed by atoms with van der Waals surface area (Å²) in [6.45, 7) is 2.04. The van der Waals surface area contributed by atoms with Gasteiger partial charge < -0.3 is 0 Å². The van der Waals surface area contributed by atoms with Crippen LogP contribution in [-0.4, -0.2) is 34.0 Å². The van der Waals surface area contributed by atoms with Gasteiger partial charge in [-0.05, 0) is 44.4 Å². The van der Waals surface area contributed by atoms with Gasteiger partial charge in [-0.1, -0.05) is 25.0 Å². The number of hydrogen-bond acceptors (Lipinski definition) is 3. The van der Waals surface area contributed by atoms with Crippen LogP contribution in [0.5, 0.6) is 0 Å². The Labute approximate surface area is 157 Å². The quantitative estimate of drug-likeness (QED) is 0.730. The maximum Gasteiger partial charge on any atom is 0.416 e. The molecule has 0 bridgehead atoms. The van der Waals surface area contributed by atoms with E-state index in [1.165, 1.54) is 37.8 Å². The Bertz CT molecular complexity index is 784. The lowest BCUT2D eigenvalue weighted by Gasteiger charge is -2.37. The Morgan fingerprint density at radius 1 is 0.963 bits per heavy atom. The van der Waals surface area contributed by atoms with E-state index in [1.807, 2.05) is 0 Å². The first-order valence-corrected chi connectivity index (χ1v) is 9.75. The van der Waals surface area contributed by atoms with Gasteiger partial charge in [0.2, 0.25) is 0 Å². The molecule has 0 amide bonds. The predicted octanol–water partition coefficient (Wildman–Crippen LogP) is 5.28. The van der Waals surface area contributed by atoms with Crippen LogP contribution < -0.4 is 0 Å². The molecule has 6 heteroatoms. The van der Waals surface area contributed by atoms with Crippen LogP contribution in [0.3, 0.4) is 0 Å². The van der Waals surface area contributed by atoms with Gasteiger partial charge in [0.15, 0.2) is 0 Å². The number of hydrogen-bond donors (Lipinski definition) is 0. The molecule has 0 N–H and O–H groups in total. The lowest BCUT2D eigenvalue weighted by molar-refractivity contribution is -0.137. The molecule has 0 spiro atoms. The number of aromatic nitrogens is 2. The van der Waals surface area contributed by atoms with Crippen LogP contribution in [0, 0.1) is 0 Å². The van der Waals surface area contributed by atoms with E-state index >= 15 is 0 Å². The zero-order valence-corrected chi connectivity index (χ0v) is 15.3. The molecule has 4 rings (SSSR count). The third kappa shape index (κ3) is 4.00. The minimum Gasteiger partial charge on any atom is -0.300 e. The highest BCUT2D eigenvalue weighted by Crippen LogP contribution is 2.36. The fourth-order valence-electron chi connectivity index (χ4n) is 4.54. The zero-order valence-electron chi connectivity index (χ0n) is 15.3. The molecule has 2 fully saturated rings. The first-order valence-electron chi connectivity index (χ1n) is 9.75. The largest absolute Gasteiger partial charge is 0.416 e. The van der Waals surface area contributed by atoms with Crippen LogP contribution in [0.25, 0.3) is 11.3 Å². The van der Waals surface area contributed by atoms with Crippen molar-refractivity contribution in [2.75, 3.05) is 13.1 Å². The van der Waals surface area contributed by atoms with Gasteiger partial charge in [-0.3, -0.25) is 14.9 Å². The molecular formula is C21H24F3N3. The summed E-state index contributed by atoms with van der Waals surface area (Å²) in [5, 5.41) is 0. The van der Waals surface area contributed by atoms with Crippen LogP contribution in [0.4, 0.5) is 13.2 Å². The zero-order chi connectivity index (χ0) is 18.9. The van der Waals surface area contributed by atoms with E-state index in [2.05, 4.69) is 14.9 Å². The van der Waals surface area contributed by atoms with E-state index < -0.39 is 11.7 Å². The predicted molar refractivity (Wildman–Crippen MR) is 98.3 cm³/mol. The summed E-state index contributed by atoms with van der Waals surface area (Å²) in [6, 6.07) is 6.08. The molecule has 2 heterocycles. The van der Waals surface area contributed by atoms with Crippen molar-refractivity contribution >= 4 is 0 Å². The van der Waals surface area contributed by atoms with Crippen molar-refractivity contribution in [1.29, 1.82) is 0 Å². The number of rotatable bonds is 3. The maximum atomic E-state index is 13.1. The van der Waals surface area contributed by atoms with E-state index in [0.29, 0.717) is 17.3 Å². The molecule has 27 heavy (non-hydrogen) atoms. The summed E-state index contributed by atoms with van der Waals surface area (Å²) in [5.41, 5.74) is 1.26. The third-order valence-electron chi connectivity index (χ3n) is 5.87. The van der Waals surface area contributed by atoms with E-state index in [0.717, 1.165) is 37.7 Å². The first kappa shape index (κ1) is 18.4. The highest BCUT2D eigenvalue weighted by Gasteiger charge is 2.32. The fraction of sp³-hybridized carbons (Fsp3) is 0.524. The SMILES string of the molecule is FC(F)(F)c1cccc(-c2nccnc2[C@@H]2CCCN(C3CCCC3)C2)c1. The third-order valence-corrected chi connectivity index (χ3v) is 5.87. The summed E-state index contributed by atoms with van der Waals surface area (Å²) in [4.78, 5) is 11.5. The Hall–Kier alpha value is -1.95. The van der Waals surface area contributed by atoms with Crippen molar-refractivity contribution < 1.29 is 13.2 Å². The molecule has 3 nitrogen and oxygen atoms in total. The smallest absolute Gasteiger partial charge is 0.300 e. The number of alkyl halides is 3. The van der Waals surface area contributed by atoms with E-state index in [9.17, 15) is 13.2 Å². The summed E-state index contributed by atoms with van der Waals surface area (Å²) in [6.07, 6.45) is 6.08. The van der Waals surface area contributed by atoms with E-state index in [4.69, 9.17) is 0 Å². The van der Waals surface area contributed by atoms with Crippen molar-refractivity contribution in [3.63, 3.8) is 0 Å². The standard InChI is InChI=1S/C21H24F3N3/c22-21(23,24)17-7-3-5-15(13-17)19-20(26-11-10-25-19)16-6-4-12-27(14-16)18-8-1-2-9-18/h3,5,7,10-11,13,16,18H,1-2,4,6,8-9,12,14H2/t16-/m1/s1. The Morgan fingerprint density at radius 3 is 2.52 bits per heavy atom. The van der Waals surface area contributed by atoms with Crippen molar-refractivity contribution in [2.24, 2.45) is 0 Å². The minimum absolute atomic E-state index is 0.220. The van der Waals surface area contributed by atoms with Gasteiger partial charge in [-0.15, -0.1) is 0 Å². The van der Waals surface area contributed by atoms with Crippen molar-refractivity contribution in [3.05, 3.63) is 47.9 Å². The molecule has 0 unspecified atom stereocenters. The Balaban J connectivity index is 1.63. The van der Waals surface area contributed by atoms with Crippen LogP contribution in [-0.2, 0) is 6.18 Å². The maximum absolute atomic E-state index is 13.1. The van der Waals surface area contributed by atoms with Crippen molar-refractivity contribution in [1.82, 2.24) is 14.9 Å². The van der Waals surface area contributed by atoms with Gasteiger partial charge in [-0.2, -0.15) is 13.2 Å². The number of nitrogens with zero attached hydrogens (tertiary/aromatic N) is 3. The van der Waals surface area contributed by atoms with Crippen LogP contribution >= 0.6 is 0 Å². The molecule has 2 aliphatic rings. The number of halogens is 3. The molecule has 1 aromatic heterocycles. The number of likely N-dealkylation sites (tertiary alicyclic amines) is 1. The topological polar surface area (TPSA) is 29.0 Å². The van der Waals surface area contributed by atoms with Gasteiger partial charge in [0.25, 0.3) is 0 Å². The lowest BCUT2D eigenvalue weighted by Crippen LogP contribution is -2.41. The van der Waals surface area contributed by atoms with Gasteiger partial charge in [0.05, 0.1) is 17.0 Å². The molecule has 0 radical (unpaired) electrons. The molecule has 1 saturated heterocycles. The van der Waals surface area contributed by atoms with Gasteiger partial charge >= 0.3 is 6.18 Å². The highest BCUT2D eigenvalue weighted by molar-refractivity contribution is 5.63. The second-order valence-electron chi connectivity index (χ2n) is 7.64. The van der Waals surface area contributed by atoms with Gasteiger partial charge in [0, 0.05) is 36.5 Å². The Morgan fingerprint density at radius 2 is 1.74 bits per heavy atom. The summed E-state index contributed by atoms with van der Waals surface area (Å²) < 4.78 is 39.4. The number of piperidine rings is 1. The van der Waals surface area contributed by atoms with Gasteiger partial charge in [-0.25, -0.2) is 0 Å². The molecule has 1 saturated carbocycles. The van der Waals surface area contributed by atoms with Gasteiger partial charge in [0.1, 0.15) is 0 Å². The summed E-state index contributed by atoms with van der Waals surface area (Å²) in [7, 11) is 0. The van der Waals surface area contributed by atoms with Crippen LogP contribution in [0.15, 0.2) is 36.7 Å². The average molecular weight is 375 g/mol. The number of benzene rings is 1. The van der Waals surface area contributed by atoms with Crippen molar-refractivity contribution in [3.8, 4) is 11.3 Å². The second-order valence-corrected chi connectivity index (χ2v) is 7.64. The lowest BCUT2D eigenvalue weighted by atomic mass is 9.90. The molecule has 1 aliphatic carbocycles. The molecule has 1 aromatic carbocycles. The summed E-state index contributed by atoms with van der Waals surface area (Å²) >= 11 is 0. The van der Waals surface area contributed by atoms with E-state index in [-0.39, 0.29) is 5.92 Å². The minimum atomic E-state index is -4.36. The average Bonchev–Trinajstić information content (AvgIpc) is 3.22. The monoisotopic (exact) mass is 375 g/mol.